The highest BCUT2D eigenvalue weighted by Crippen LogP contribution is 2.30. The average Bonchev–Trinajstić information content (AvgIpc) is 2.79. The molecule has 1 aliphatic heterocycles. The summed E-state index contributed by atoms with van der Waals surface area (Å²) in [5.41, 5.74) is 0.975. The van der Waals surface area contributed by atoms with Gasteiger partial charge in [0.05, 0.1) is 17.1 Å². The molecule has 0 spiro atoms. The fraction of sp³-hybridized carbons (Fsp3) is 0.583. The van der Waals surface area contributed by atoms with Crippen molar-refractivity contribution in [2.45, 2.75) is 55.2 Å². The number of hydrogen-bond acceptors (Lipinski definition) is 7. The van der Waals surface area contributed by atoms with E-state index in [-0.39, 0.29) is 18.6 Å². The normalized spacial score (nSPS) is 23.7. The van der Waals surface area contributed by atoms with Crippen LogP contribution in [0.15, 0.2) is 41.3 Å². The van der Waals surface area contributed by atoms with Crippen molar-refractivity contribution in [1.82, 2.24) is 10.0 Å². The van der Waals surface area contributed by atoms with E-state index in [9.17, 15) is 23.7 Å². The topological polar surface area (TPSA) is 122 Å². The predicted molar refractivity (Wildman–Crippen MR) is 131 cm³/mol. The number of hydrogen-bond donors (Lipinski definition) is 5. The van der Waals surface area contributed by atoms with Crippen LogP contribution in [0.3, 0.4) is 0 Å². The summed E-state index contributed by atoms with van der Waals surface area (Å²) in [7, 11) is 0.258. The highest BCUT2D eigenvalue weighted by atomic mass is 32.2. The van der Waals surface area contributed by atoms with Crippen molar-refractivity contribution in [2.75, 3.05) is 38.7 Å². The molecule has 33 heavy (non-hydrogen) atoms. The van der Waals surface area contributed by atoms with Gasteiger partial charge in [-0.15, -0.1) is 0 Å². The van der Waals surface area contributed by atoms with Gasteiger partial charge in [-0.25, -0.2) is 13.1 Å². The third kappa shape index (κ3) is 6.23. The number of unbranched alkanes of at least 4 members (excludes halogenated alkanes) is 3. The Hall–Kier alpha value is -1.75. The standard InChI is InChI=1S/C24H37N3O5S/c1-27(2)21-12-7-10-18-17(21)9-8-13-23(18)33(31,32)26-14-6-4-3-5-11-20-19(16-28)24(30)22(29)15-25-20/h7-10,12-13,19-20,22,24-26,28-30H,3-6,11,14-16H2,1-2H3/t19-,20-,22+,24-/m0/s1. The second-order valence-corrected chi connectivity index (χ2v) is 10.8. The average molecular weight is 480 g/mol. The minimum Gasteiger partial charge on any atom is -0.396 e. The van der Waals surface area contributed by atoms with Gasteiger partial charge in [-0.2, -0.15) is 0 Å². The van der Waals surface area contributed by atoms with Crippen molar-refractivity contribution in [3.05, 3.63) is 36.4 Å². The Balaban J connectivity index is 1.47. The van der Waals surface area contributed by atoms with Gasteiger partial charge in [0.25, 0.3) is 0 Å². The van der Waals surface area contributed by atoms with E-state index in [1.165, 1.54) is 0 Å². The molecule has 3 rings (SSSR count). The van der Waals surface area contributed by atoms with Gasteiger partial charge >= 0.3 is 0 Å². The second-order valence-electron chi connectivity index (χ2n) is 9.04. The van der Waals surface area contributed by atoms with Crippen LogP contribution in [-0.4, -0.2) is 75.8 Å². The molecule has 9 heteroatoms. The summed E-state index contributed by atoms with van der Waals surface area (Å²) in [5, 5.41) is 34.1. The number of nitrogens with zero attached hydrogens (tertiary/aromatic N) is 1. The minimum atomic E-state index is -3.62. The summed E-state index contributed by atoms with van der Waals surface area (Å²) in [4.78, 5) is 2.27. The maximum Gasteiger partial charge on any atom is 0.241 e. The number of fused-ring (bicyclic) bond motifs is 1. The zero-order chi connectivity index (χ0) is 24.0. The zero-order valence-electron chi connectivity index (χ0n) is 19.4. The fourth-order valence-corrected chi connectivity index (χ4v) is 5.93. The molecule has 4 atom stereocenters. The second kappa shape index (κ2) is 11.6. The minimum absolute atomic E-state index is 0.0229. The highest BCUT2D eigenvalue weighted by molar-refractivity contribution is 7.89. The van der Waals surface area contributed by atoms with Crippen LogP contribution in [0.25, 0.3) is 10.8 Å². The van der Waals surface area contributed by atoms with Gasteiger partial charge in [-0.1, -0.05) is 43.5 Å². The fourth-order valence-electron chi connectivity index (χ4n) is 4.63. The van der Waals surface area contributed by atoms with Gasteiger partial charge < -0.3 is 25.5 Å². The Morgan fingerprint density at radius 2 is 1.73 bits per heavy atom. The molecule has 0 aliphatic carbocycles. The first kappa shape index (κ1) is 25.9. The molecule has 1 heterocycles. The Morgan fingerprint density at radius 3 is 2.45 bits per heavy atom. The number of aliphatic hydroxyl groups excluding tert-OH is 3. The van der Waals surface area contributed by atoms with Crippen molar-refractivity contribution in [1.29, 1.82) is 0 Å². The molecule has 0 amide bonds. The molecule has 2 aromatic rings. The Bertz CT molecular complexity index is 1010. The van der Waals surface area contributed by atoms with Crippen molar-refractivity contribution >= 4 is 26.5 Å². The van der Waals surface area contributed by atoms with E-state index < -0.39 is 22.2 Å². The molecule has 184 valence electrons. The molecular weight excluding hydrogens is 442 g/mol. The third-order valence-corrected chi connectivity index (χ3v) is 8.03. The van der Waals surface area contributed by atoms with E-state index in [0.29, 0.717) is 23.4 Å². The maximum atomic E-state index is 12.9. The molecule has 0 saturated carbocycles. The first-order valence-electron chi connectivity index (χ1n) is 11.7. The Labute approximate surface area is 196 Å². The zero-order valence-corrected chi connectivity index (χ0v) is 20.3. The molecule has 0 bridgehead atoms. The number of benzene rings is 2. The van der Waals surface area contributed by atoms with Crippen molar-refractivity contribution < 1.29 is 23.7 Å². The monoisotopic (exact) mass is 479 g/mol. The van der Waals surface area contributed by atoms with E-state index in [0.717, 1.165) is 43.2 Å². The molecule has 8 nitrogen and oxygen atoms in total. The lowest BCUT2D eigenvalue weighted by Crippen LogP contribution is -2.57. The molecule has 1 saturated heterocycles. The van der Waals surface area contributed by atoms with Gasteiger partial charge in [-0.05, 0) is 25.0 Å². The number of β-amino-alcohol motifs (C(OH)–C–C–N with tert-alkyl or cyclic N) is 1. The predicted octanol–water partition coefficient (Wildman–Crippen LogP) is 1.44. The smallest absolute Gasteiger partial charge is 0.241 e. The summed E-state index contributed by atoms with van der Waals surface area (Å²) >= 11 is 0. The molecule has 1 aliphatic rings. The molecule has 0 unspecified atom stereocenters. The Morgan fingerprint density at radius 1 is 1.03 bits per heavy atom. The Kier molecular flexibility index (Phi) is 9.09. The van der Waals surface area contributed by atoms with Gasteiger partial charge in [-0.3, -0.25) is 0 Å². The summed E-state index contributed by atoms with van der Waals surface area (Å²) < 4.78 is 28.6. The van der Waals surface area contributed by atoms with Crippen molar-refractivity contribution in [3.63, 3.8) is 0 Å². The van der Waals surface area contributed by atoms with Gasteiger partial charge in [0.1, 0.15) is 0 Å². The van der Waals surface area contributed by atoms with Gasteiger partial charge in [0.2, 0.25) is 10.0 Å². The number of anilines is 1. The molecule has 2 aromatic carbocycles. The molecular formula is C24H37N3O5S. The lowest BCUT2D eigenvalue weighted by Gasteiger charge is -2.38. The van der Waals surface area contributed by atoms with E-state index in [4.69, 9.17) is 0 Å². The van der Waals surface area contributed by atoms with E-state index in [1.807, 2.05) is 43.3 Å². The molecule has 0 aromatic heterocycles. The largest absolute Gasteiger partial charge is 0.396 e. The maximum absolute atomic E-state index is 12.9. The summed E-state index contributed by atoms with van der Waals surface area (Å²) in [6, 6.07) is 11.0. The number of aliphatic hydroxyl groups is 3. The quantitative estimate of drug-likeness (QED) is 0.309. The van der Waals surface area contributed by atoms with Crippen LogP contribution in [0.1, 0.15) is 32.1 Å². The van der Waals surface area contributed by atoms with E-state index >= 15 is 0 Å². The van der Waals surface area contributed by atoms with E-state index in [1.54, 1.807) is 12.1 Å². The molecule has 5 N–H and O–H groups in total. The van der Waals surface area contributed by atoms with Crippen LogP contribution in [0.5, 0.6) is 0 Å². The first-order valence-corrected chi connectivity index (χ1v) is 13.1. The van der Waals surface area contributed by atoms with Crippen molar-refractivity contribution in [2.24, 2.45) is 5.92 Å². The van der Waals surface area contributed by atoms with Crippen LogP contribution in [0.2, 0.25) is 0 Å². The summed E-state index contributed by atoms with van der Waals surface area (Å²) in [5.74, 6) is -0.366. The van der Waals surface area contributed by atoms with Crippen LogP contribution < -0.4 is 14.9 Å². The van der Waals surface area contributed by atoms with Crippen LogP contribution in [0, 0.1) is 5.92 Å². The van der Waals surface area contributed by atoms with E-state index in [2.05, 4.69) is 10.0 Å². The summed E-state index contributed by atoms with van der Waals surface area (Å²) in [6.07, 6.45) is 2.49. The van der Waals surface area contributed by atoms with Crippen LogP contribution in [0.4, 0.5) is 5.69 Å². The first-order chi connectivity index (χ1) is 15.8. The molecule has 1 fully saturated rings. The third-order valence-electron chi connectivity index (χ3n) is 6.51. The lowest BCUT2D eigenvalue weighted by molar-refractivity contribution is -0.0679. The SMILES string of the molecule is CN(C)c1cccc2c(S(=O)(=O)NCCCCCC[C@@H]3NC[C@@H](O)[C@@H](O)[C@H]3CO)cccc12. The molecule has 0 radical (unpaired) electrons. The van der Waals surface area contributed by atoms with Crippen LogP contribution >= 0.6 is 0 Å². The highest BCUT2D eigenvalue weighted by Gasteiger charge is 2.36. The van der Waals surface area contributed by atoms with Crippen molar-refractivity contribution in [3.8, 4) is 0 Å². The number of sulfonamides is 1. The van der Waals surface area contributed by atoms with Crippen LogP contribution in [-0.2, 0) is 10.0 Å². The summed E-state index contributed by atoms with van der Waals surface area (Å²) in [6.45, 7) is 0.536. The number of piperidine rings is 1. The number of rotatable bonds is 11. The van der Waals surface area contributed by atoms with Gasteiger partial charge in [0.15, 0.2) is 0 Å². The lowest BCUT2D eigenvalue weighted by atomic mass is 9.84. The number of nitrogens with one attached hydrogen (secondary N) is 2. The van der Waals surface area contributed by atoms with Gasteiger partial charge in [0, 0.05) is 62.2 Å².